The lowest BCUT2D eigenvalue weighted by atomic mass is 9.94. The van der Waals surface area contributed by atoms with Crippen molar-refractivity contribution in [1.82, 2.24) is 4.90 Å². The number of carbonyl (C=O) groups excluding carboxylic acids is 2. The molecule has 0 atom stereocenters. The van der Waals surface area contributed by atoms with Crippen LogP contribution >= 0.6 is 11.6 Å². The van der Waals surface area contributed by atoms with Crippen LogP contribution < -0.4 is 10.5 Å². The number of piperidine rings is 1. The molecule has 1 heterocycles. The van der Waals surface area contributed by atoms with Gasteiger partial charge in [0.2, 0.25) is 5.91 Å². The number of rotatable bonds is 5. The molecule has 6 nitrogen and oxygen atoms in total. The summed E-state index contributed by atoms with van der Waals surface area (Å²) in [6, 6.07) is 4.86. The van der Waals surface area contributed by atoms with Gasteiger partial charge in [-0.25, -0.2) is 4.79 Å². The molecule has 0 saturated carbocycles. The second-order valence-corrected chi connectivity index (χ2v) is 7.96. The molecule has 0 unspecified atom stereocenters. The summed E-state index contributed by atoms with van der Waals surface area (Å²) in [5.74, 6) is 0.568. The second kappa shape index (κ2) is 8.62. The molecule has 0 bridgehead atoms. The number of benzene rings is 1. The topological polar surface area (TPSA) is 81.9 Å². The van der Waals surface area contributed by atoms with Gasteiger partial charge in [-0.1, -0.05) is 11.6 Å². The molecule has 0 aromatic heterocycles. The van der Waals surface area contributed by atoms with Crippen molar-refractivity contribution in [2.45, 2.75) is 45.6 Å². The number of carbonyl (C=O) groups is 2. The van der Waals surface area contributed by atoms with Crippen LogP contribution in [0.15, 0.2) is 18.2 Å². The fourth-order valence-corrected chi connectivity index (χ4v) is 3.12. The molecule has 1 aromatic carbocycles. The predicted octanol–water partition coefficient (Wildman–Crippen LogP) is 3.85. The normalized spacial score (nSPS) is 15.6. The van der Waals surface area contributed by atoms with Gasteiger partial charge in [0, 0.05) is 13.1 Å². The fourth-order valence-electron chi connectivity index (χ4n) is 2.86. The van der Waals surface area contributed by atoms with Crippen molar-refractivity contribution in [3.63, 3.8) is 0 Å². The molecule has 7 heteroatoms. The van der Waals surface area contributed by atoms with E-state index in [2.05, 4.69) is 0 Å². The third-order valence-electron chi connectivity index (χ3n) is 4.27. The van der Waals surface area contributed by atoms with E-state index in [4.69, 9.17) is 26.8 Å². The molecule has 0 radical (unpaired) electrons. The van der Waals surface area contributed by atoms with E-state index >= 15 is 0 Å². The number of amides is 2. The van der Waals surface area contributed by atoms with E-state index < -0.39 is 11.5 Å². The highest BCUT2D eigenvalue weighted by Crippen LogP contribution is 2.25. The summed E-state index contributed by atoms with van der Waals surface area (Å²) < 4.78 is 11.1. The molecule has 2 N–H and O–H groups in total. The summed E-state index contributed by atoms with van der Waals surface area (Å²) in [4.78, 5) is 25.0. The average molecular weight is 383 g/mol. The van der Waals surface area contributed by atoms with Crippen LogP contribution in [-0.4, -0.2) is 42.2 Å². The van der Waals surface area contributed by atoms with Gasteiger partial charge in [0.1, 0.15) is 11.4 Å². The predicted molar refractivity (Wildman–Crippen MR) is 101 cm³/mol. The Balaban J connectivity index is 1.73. The van der Waals surface area contributed by atoms with Crippen molar-refractivity contribution in [2.24, 2.45) is 11.7 Å². The van der Waals surface area contributed by atoms with Crippen molar-refractivity contribution >= 4 is 23.6 Å². The van der Waals surface area contributed by atoms with Gasteiger partial charge in [-0.15, -0.1) is 0 Å². The van der Waals surface area contributed by atoms with Gasteiger partial charge < -0.3 is 20.1 Å². The summed E-state index contributed by atoms with van der Waals surface area (Å²) in [6.45, 7) is 7.59. The van der Waals surface area contributed by atoms with Gasteiger partial charge in [-0.2, -0.15) is 0 Å². The summed E-state index contributed by atoms with van der Waals surface area (Å²) in [5.41, 5.74) is 5.05. The van der Waals surface area contributed by atoms with E-state index in [1.807, 2.05) is 20.8 Å². The highest BCUT2D eigenvalue weighted by atomic mass is 35.5. The minimum atomic E-state index is -0.557. The number of halogens is 1. The van der Waals surface area contributed by atoms with E-state index in [0.29, 0.717) is 36.4 Å². The maximum absolute atomic E-state index is 12.1. The van der Waals surface area contributed by atoms with Crippen LogP contribution in [0.5, 0.6) is 5.75 Å². The molecule has 1 aliphatic rings. The number of primary amides is 1. The zero-order valence-electron chi connectivity index (χ0n) is 15.6. The van der Waals surface area contributed by atoms with Crippen LogP contribution in [-0.2, 0) is 4.74 Å². The summed E-state index contributed by atoms with van der Waals surface area (Å²) >= 11 is 6.01. The molecule has 1 saturated heterocycles. The lowest BCUT2D eigenvalue weighted by molar-refractivity contribution is 0.0177. The lowest BCUT2D eigenvalue weighted by Gasteiger charge is -2.33. The minimum absolute atomic E-state index is 0.239. The van der Waals surface area contributed by atoms with Crippen LogP contribution in [0.2, 0.25) is 5.02 Å². The zero-order valence-corrected chi connectivity index (χ0v) is 16.3. The molecule has 1 fully saturated rings. The molecule has 2 amide bonds. The number of hydrogen-bond donors (Lipinski definition) is 1. The van der Waals surface area contributed by atoms with E-state index in [1.54, 1.807) is 23.1 Å². The van der Waals surface area contributed by atoms with E-state index in [-0.39, 0.29) is 11.7 Å². The number of likely N-dealkylation sites (tertiary alicyclic amines) is 1. The van der Waals surface area contributed by atoms with Gasteiger partial charge in [-0.05, 0) is 64.2 Å². The van der Waals surface area contributed by atoms with Crippen molar-refractivity contribution < 1.29 is 19.1 Å². The minimum Gasteiger partial charge on any atom is -0.494 e. The van der Waals surface area contributed by atoms with Crippen molar-refractivity contribution in [1.29, 1.82) is 0 Å². The van der Waals surface area contributed by atoms with Crippen LogP contribution in [0.3, 0.4) is 0 Å². The van der Waals surface area contributed by atoms with Gasteiger partial charge in [0.25, 0.3) is 0 Å². The zero-order chi connectivity index (χ0) is 19.3. The quantitative estimate of drug-likeness (QED) is 0.838. The van der Waals surface area contributed by atoms with Gasteiger partial charge in [-0.3, -0.25) is 4.79 Å². The molecule has 0 spiro atoms. The fraction of sp³-hybridized carbons (Fsp3) is 0.579. The monoisotopic (exact) mass is 382 g/mol. The van der Waals surface area contributed by atoms with Crippen molar-refractivity contribution in [3.05, 3.63) is 28.8 Å². The highest BCUT2D eigenvalue weighted by molar-refractivity contribution is 6.33. The third kappa shape index (κ3) is 6.09. The second-order valence-electron chi connectivity index (χ2n) is 7.55. The Kier molecular flexibility index (Phi) is 6.75. The average Bonchev–Trinajstić information content (AvgIpc) is 2.53. The van der Waals surface area contributed by atoms with Crippen LogP contribution in [0.25, 0.3) is 0 Å². The molecule has 2 rings (SSSR count). The maximum Gasteiger partial charge on any atom is 0.410 e. The standard InChI is InChI=1S/C19H27ClN2O4/c1-19(2,3)26-18(24)22-9-6-13(7-10-22)8-11-25-14-4-5-15(17(21)23)16(20)12-14/h4-5,12-13H,6-11H2,1-3H3,(H2,21,23). The van der Waals surface area contributed by atoms with Crippen LogP contribution in [0.4, 0.5) is 4.79 Å². The Labute approximate surface area is 159 Å². The highest BCUT2D eigenvalue weighted by Gasteiger charge is 2.26. The van der Waals surface area contributed by atoms with Crippen molar-refractivity contribution in [2.75, 3.05) is 19.7 Å². The molecule has 0 aliphatic carbocycles. The molecule has 26 heavy (non-hydrogen) atoms. The molecule has 144 valence electrons. The van der Waals surface area contributed by atoms with E-state index in [1.165, 1.54) is 0 Å². The first-order valence-electron chi connectivity index (χ1n) is 8.86. The Morgan fingerprint density at radius 3 is 2.46 bits per heavy atom. The Morgan fingerprint density at radius 1 is 1.27 bits per heavy atom. The van der Waals surface area contributed by atoms with Gasteiger partial charge >= 0.3 is 6.09 Å². The third-order valence-corrected chi connectivity index (χ3v) is 4.58. The lowest BCUT2D eigenvalue weighted by Crippen LogP contribution is -2.41. The number of hydrogen-bond acceptors (Lipinski definition) is 4. The molecule has 1 aromatic rings. The van der Waals surface area contributed by atoms with Crippen LogP contribution in [0.1, 0.15) is 50.4 Å². The first-order valence-corrected chi connectivity index (χ1v) is 9.23. The number of nitrogens with zero attached hydrogens (tertiary/aromatic N) is 1. The summed E-state index contributed by atoms with van der Waals surface area (Å²) in [5, 5.41) is 0.292. The Morgan fingerprint density at radius 2 is 1.92 bits per heavy atom. The number of nitrogens with two attached hydrogens (primary N) is 1. The maximum atomic E-state index is 12.1. The summed E-state index contributed by atoms with van der Waals surface area (Å²) in [7, 11) is 0. The van der Waals surface area contributed by atoms with Gasteiger partial charge in [0.15, 0.2) is 0 Å². The molecular formula is C19H27ClN2O4. The first kappa shape index (κ1) is 20.4. The first-order chi connectivity index (χ1) is 12.2. The van der Waals surface area contributed by atoms with Crippen LogP contribution in [0, 0.1) is 5.92 Å². The van der Waals surface area contributed by atoms with E-state index in [9.17, 15) is 9.59 Å². The summed E-state index contributed by atoms with van der Waals surface area (Å²) in [6.07, 6.45) is 2.53. The Hall–Kier alpha value is -1.95. The Bertz CT molecular complexity index is 649. The van der Waals surface area contributed by atoms with E-state index in [0.717, 1.165) is 19.3 Å². The van der Waals surface area contributed by atoms with Gasteiger partial charge in [0.05, 0.1) is 17.2 Å². The largest absolute Gasteiger partial charge is 0.494 e. The molecule has 1 aliphatic heterocycles. The SMILES string of the molecule is CC(C)(C)OC(=O)N1CCC(CCOc2ccc(C(N)=O)c(Cl)c2)CC1. The molecular weight excluding hydrogens is 356 g/mol. The van der Waals surface area contributed by atoms with Crippen molar-refractivity contribution in [3.8, 4) is 5.75 Å². The number of ether oxygens (including phenoxy) is 2. The smallest absolute Gasteiger partial charge is 0.410 e.